The molecule has 0 atom stereocenters. The van der Waals surface area contributed by atoms with Crippen LogP contribution in [-0.2, 0) is 11.2 Å². The highest BCUT2D eigenvalue weighted by atomic mass is 35.5. The fourth-order valence-corrected chi connectivity index (χ4v) is 4.82. The number of nitrogens with zero attached hydrogens (tertiary/aromatic N) is 3. The molecule has 0 bridgehead atoms. The lowest BCUT2D eigenvalue weighted by Crippen LogP contribution is -2.48. The fraction of sp³-hybridized carbons (Fsp3) is 0.364. The minimum Gasteiger partial charge on any atom is -0.355 e. The number of hydrogen-bond donors (Lipinski definition) is 1. The number of nitrogens with one attached hydrogen (secondary N) is 1. The molecule has 2 heterocycles. The maximum atomic E-state index is 12.1. The number of piperazine rings is 1. The van der Waals surface area contributed by atoms with Gasteiger partial charge in [0, 0.05) is 50.7 Å². The summed E-state index contributed by atoms with van der Waals surface area (Å²) in [6.45, 7) is 5.46. The first kappa shape index (κ1) is 20.1. The Morgan fingerprint density at radius 3 is 2.69 bits per heavy atom. The zero-order chi connectivity index (χ0) is 20.1. The molecule has 1 aliphatic heterocycles. The van der Waals surface area contributed by atoms with Crippen molar-refractivity contribution in [3.05, 3.63) is 59.1 Å². The number of benzene rings is 2. The molecule has 152 valence electrons. The number of fused-ring (bicyclic) bond motifs is 1. The predicted molar refractivity (Wildman–Crippen MR) is 121 cm³/mol. The molecule has 0 saturated carbocycles. The smallest absolute Gasteiger partial charge is 0.220 e. The van der Waals surface area contributed by atoms with Gasteiger partial charge in [-0.3, -0.25) is 9.69 Å². The second-order valence-electron chi connectivity index (χ2n) is 7.27. The molecular formula is C22H25ClN4OS. The molecular weight excluding hydrogens is 404 g/mol. The number of hydrogen-bond acceptors (Lipinski definition) is 5. The van der Waals surface area contributed by atoms with Gasteiger partial charge >= 0.3 is 0 Å². The summed E-state index contributed by atoms with van der Waals surface area (Å²) in [5.41, 5.74) is 2.21. The lowest BCUT2D eigenvalue weighted by atomic mass is 10.1. The average molecular weight is 429 g/mol. The van der Waals surface area contributed by atoms with E-state index in [9.17, 15) is 4.79 Å². The van der Waals surface area contributed by atoms with Gasteiger partial charge in [-0.15, -0.1) is 0 Å². The maximum absolute atomic E-state index is 12.1. The molecule has 5 nitrogen and oxygen atoms in total. The van der Waals surface area contributed by atoms with Crippen LogP contribution >= 0.6 is 22.9 Å². The van der Waals surface area contributed by atoms with Gasteiger partial charge in [0.15, 0.2) is 5.13 Å². The van der Waals surface area contributed by atoms with Gasteiger partial charge in [0.25, 0.3) is 0 Å². The third kappa shape index (κ3) is 5.47. The van der Waals surface area contributed by atoms with E-state index in [4.69, 9.17) is 16.6 Å². The van der Waals surface area contributed by atoms with Gasteiger partial charge in [-0.25, -0.2) is 4.98 Å². The lowest BCUT2D eigenvalue weighted by molar-refractivity contribution is -0.121. The van der Waals surface area contributed by atoms with Crippen LogP contribution in [0.15, 0.2) is 48.5 Å². The van der Waals surface area contributed by atoms with Crippen LogP contribution in [0.3, 0.4) is 0 Å². The Labute approximate surface area is 180 Å². The number of aromatic nitrogens is 1. The summed E-state index contributed by atoms with van der Waals surface area (Å²) < 4.78 is 1.13. The summed E-state index contributed by atoms with van der Waals surface area (Å²) in [5, 5.41) is 4.87. The van der Waals surface area contributed by atoms with Crippen LogP contribution in [0, 0.1) is 0 Å². The van der Waals surface area contributed by atoms with Gasteiger partial charge in [-0.1, -0.05) is 53.3 Å². The van der Waals surface area contributed by atoms with Crippen molar-refractivity contribution in [2.24, 2.45) is 0 Å². The Bertz CT molecular complexity index is 954. The van der Waals surface area contributed by atoms with Crippen molar-refractivity contribution in [1.29, 1.82) is 0 Å². The van der Waals surface area contributed by atoms with Crippen LogP contribution in [0.1, 0.15) is 12.0 Å². The van der Waals surface area contributed by atoms with Crippen LogP contribution in [0.5, 0.6) is 0 Å². The molecule has 2 aromatic carbocycles. The molecule has 1 N–H and O–H groups in total. The molecule has 1 aromatic heterocycles. The lowest BCUT2D eigenvalue weighted by Gasteiger charge is -2.34. The van der Waals surface area contributed by atoms with E-state index in [2.05, 4.69) is 27.2 Å². The van der Waals surface area contributed by atoms with E-state index in [1.165, 1.54) is 5.56 Å². The van der Waals surface area contributed by atoms with Gasteiger partial charge in [-0.05, 0) is 30.2 Å². The zero-order valence-corrected chi connectivity index (χ0v) is 17.9. The van der Waals surface area contributed by atoms with Crippen molar-refractivity contribution < 1.29 is 4.79 Å². The van der Waals surface area contributed by atoms with E-state index >= 15 is 0 Å². The molecule has 1 amide bonds. The van der Waals surface area contributed by atoms with E-state index in [-0.39, 0.29) is 5.91 Å². The SMILES string of the molecule is O=C(CCc1ccccc1)NCCN1CCN(c2nc3ccc(Cl)cc3s2)CC1. The predicted octanol–water partition coefficient (Wildman–Crippen LogP) is 3.82. The Kier molecular flexibility index (Phi) is 6.64. The molecule has 1 aliphatic rings. The standard InChI is InChI=1S/C22H25ClN4OS/c23-18-7-8-19-20(16-18)29-22(25-19)27-14-12-26(13-15-27)11-10-24-21(28)9-6-17-4-2-1-3-5-17/h1-5,7-8,16H,6,9-15H2,(H,24,28). The highest BCUT2D eigenvalue weighted by Gasteiger charge is 2.19. The average Bonchev–Trinajstić information content (AvgIpc) is 3.17. The van der Waals surface area contributed by atoms with E-state index < -0.39 is 0 Å². The van der Waals surface area contributed by atoms with Crippen molar-refractivity contribution in [2.45, 2.75) is 12.8 Å². The van der Waals surface area contributed by atoms with Crippen molar-refractivity contribution in [3.63, 3.8) is 0 Å². The Morgan fingerprint density at radius 1 is 1.10 bits per heavy atom. The van der Waals surface area contributed by atoms with E-state index in [0.29, 0.717) is 13.0 Å². The quantitative estimate of drug-likeness (QED) is 0.621. The van der Waals surface area contributed by atoms with Gasteiger partial charge in [-0.2, -0.15) is 0 Å². The molecule has 0 spiro atoms. The van der Waals surface area contributed by atoms with Crippen LogP contribution < -0.4 is 10.2 Å². The summed E-state index contributed by atoms with van der Waals surface area (Å²) >= 11 is 7.78. The normalized spacial score (nSPS) is 15.0. The number of amides is 1. The van der Waals surface area contributed by atoms with E-state index in [1.807, 2.05) is 36.4 Å². The summed E-state index contributed by atoms with van der Waals surface area (Å²) in [7, 11) is 0. The van der Waals surface area contributed by atoms with Crippen LogP contribution in [0.4, 0.5) is 5.13 Å². The number of thiazole rings is 1. The number of carbonyl (C=O) groups is 1. The monoisotopic (exact) mass is 428 g/mol. The zero-order valence-electron chi connectivity index (χ0n) is 16.3. The molecule has 4 rings (SSSR count). The van der Waals surface area contributed by atoms with Gasteiger partial charge in [0.1, 0.15) is 0 Å². The molecule has 1 saturated heterocycles. The van der Waals surface area contributed by atoms with Crippen molar-refractivity contribution >= 4 is 44.2 Å². The van der Waals surface area contributed by atoms with Crippen LogP contribution in [0.2, 0.25) is 5.02 Å². The van der Waals surface area contributed by atoms with E-state index in [0.717, 1.165) is 59.5 Å². The first-order valence-electron chi connectivity index (χ1n) is 10.0. The van der Waals surface area contributed by atoms with Crippen molar-refractivity contribution in [3.8, 4) is 0 Å². The largest absolute Gasteiger partial charge is 0.355 e. The molecule has 3 aromatic rings. The summed E-state index contributed by atoms with van der Waals surface area (Å²) in [6, 6.07) is 16.0. The number of rotatable bonds is 7. The molecule has 0 unspecified atom stereocenters. The number of anilines is 1. The maximum Gasteiger partial charge on any atom is 0.220 e. The Balaban J connectivity index is 1.17. The summed E-state index contributed by atoms with van der Waals surface area (Å²) in [6.07, 6.45) is 1.33. The van der Waals surface area contributed by atoms with Crippen molar-refractivity contribution in [1.82, 2.24) is 15.2 Å². The topological polar surface area (TPSA) is 48.5 Å². The second-order valence-corrected chi connectivity index (χ2v) is 8.72. The second kappa shape index (κ2) is 9.57. The van der Waals surface area contributed by atoms with Crippen LogP contribution in [0.25, 0.3) is 10.2 Å². The van der Waals surface area contributed by atoms with Crippen LogP contribution in [-0.4, -0.2) is 55.1 Å². The van der Waals surface area contributed by atoms with E-state index in [1.54, 1.807) is 11.3 Å². The minimum absolute atomic E-state index is 0.126. The number of aryl methyl sites for hydroxylation is 1. The first-order chi connectivity index (χ1) is 14.2. The minimum atomic E-state index is 0.126. The number of carbonyl (C=O) groups excluding carboxylic acids is 1. The van der Waals surface area contributed by atoms with Gasteiger partial charge in [0.05, 0.1) is 10.2 Å². The van der Waals surface area contributed by atoms with Gasteiger partial charge in [0.2, 0.25) is 5.91 Å². The fourth-order valence-electron chi connectivity index (χ4n) is 3.53. The highest BCUT2D eigenvalue weighted by Crippen LogP contribution is 2.31. The Hall–Kier alpha value is -2.15. The molecule has 1 fully saturated rings. The third-order valence-electron chi connectivity index (χ3n) is 5.22. The summed E-state index contributed by atoms with van der Waals surface area (Å²) in [4.78, 5) is 21.5. The molecule has 29 heavy (non-hydrogen) atoms. The summed E-state index contributed by atoms with van der Waals surface area (Å²) in [5.74, 6) is 0.126. The number of halogens is 1. The highest BCUT2D eigenvalue weighted by molar-refractivity contribution is 7.22. The molecule has 7 heteroatoms. The third-order valence-corrected chi connectivity index (χ3v) is 6.53. The first-order valence-corrected chi connectivity index (χ1v) is 11.2. The van der Waals surface area contributed by atoms with Gasteiger partial charge < -0.3 is 10.2 Å². The Morgan fingerprint density at radius 2 is 1.90 bits per heavy atom. The van der Waals surface area contributed by atoms with Crippen molar-refractivity contribution in [2.75, 3.05) is 44.2 Å². The molecule has 0 radical (unpaired) electrons. The molecule has 0 aliphatic carbocycles.